The number of alkyl halides is 2. The lowest BCUT2D eigenvalue weighted by Gasteiger charge is -2.44. The van der Waals surface area contributed by atoms with Crippen molar-refractivity contribution < 1.29 is 32.8 Å². The van der Waals surface area contributed by atoms with Gasteiger partial charge in [0.05, 0.1) is 6.04 Å². The van der Waals surface area contributed by atoms with E-state index in [1.807, 2.05) is 13.8 Å². The molecule has 5 amide bonds. The van der Waals surface area contributed by atoms with Gasteiger partial charge in [0.15, 0.2) is 0 Å². The molecule has 5 atom stereocenters. The molecule has 2 unspecified atom stereocenters. The molecule has 47 heavy (non-hydrogen) atoms. The summed E-state index contributed by atoms with van der Waals surface area (Å²) in [4.78, 5) is 67.7. The van der Waals surface area contributed by atoms with Crippen molar-refractivity contribution in [3.8, 4) is 0 Å². The molecule has 0 aromatic heterocycles. The summed E-state index contributed by atoms with van der Waals surface area (Å²) in [5, 5.41) is 8.09. The van der Waals surface area contributed by atoms with Crippen LogP contribution in [0.2, 0.25) is 0 Å². The Morgan fingerprint density at radius 2 is 1.60 bits per heavy atom. The first-order chi connectivity index (χ1) is 21.9. The molecule has 1 heterocycles. The largest absolute Gasteiger partial charge is 0.363 e. The maximum Gasteiger partial charge on any atom is 0.316 e. The monoisotopic (exact) mass is 657 g/mol. The molecule has 5 rings (SSSR count). The average molecular weight is 658 g/mol. The van der Waals surface area contributed by atoms with Crippen molar-refractivity contribution in [2.45, 2.75) is 116 Å². The van der Waals surface area contributed by atoms with Crippen molar-refractivity contribution in [1.29, 1.82) is 0 Å². The normalized spacial score (nSPS) is 25.9. The number of hydrogen-bond acceptors (Lipinski definition) is 5. The second-order valence-corrected chi connectivity index (χ2v) is 15.8. The van der Waals surface area contributed by atoms with Gasteiger partial charge in [0.25, 0.3) is 11.8 Å². The zero-order valence-electron chi connectivity index (χ0n) is 28.0. The number of nitrogens with zero attached hydrogens (tertiary/aromatic N) is 1. The molecule has 5 N–H and O–H groups in total. The second kappa shape index (κ2) is 12.5. The molecule has 258 valence electrons. The Bertz CT molecular complexity index is 1400. The summed E-state index contributed by atoms with van der Waals surface area (Å²) in [6, 6.07) is 3.41. The molecule has 0 radical (unpaired) electrons. The molecule has 1 aliphatic heterocycles. The Morgan fingerprint density at radius 1 is 0.979 bits per heavy atom. The van der Waals surface area contributed by atoms with Crippen molar-refractivity contribution in [3.05, 3.63) is 35.9 Å². The van der Waals surface area contributed by atoms with Crippen LogP contribution in [0.1, 0.15) is 91.5 Å². The van der Waals surface area contributed by atoms with E-state index in [0.717, 1.165) is 19.3 Å². The van der Waals surface area contributed by atoms with E-state index in [9.17, 15) is 24.0 Å². The van der Waals surface area contributed by atoms with Crippen molar-refractivity contribution in [1.82, 2.24) is 20.9 Å². The van der Waals surface area contributed by atoms with Gasteiger partial charge in [-0.3, -0.25) is 19.2 Å². The molecule has 10 nitrogen and oxygen atoms in total. The van der Waals surface area contributed by atoms with Crippen LogP contribution < -0.4 is 21.7 Å². The number of Topliss-reactive ketones (excluding diaryl/α,β-unsaturated/α-hetero) is 1. The highest BCUT2D eigenvalue weighted by atomic mass is 19.3. The van der Waals surface area contributed by atoms with E-state index >= 15 is 8.78 Å². The molecule has 1 saturated heterocycles. The van der Waals surface area contributed by atoms with Gasteiger partial charge in [-0.2, -0.15) is 8.78 Å². The Balaban J connectivity index is 1.37. The number of likely N-dealkylation sites (tertiary alicyclic amines) is 1. The van der Waals surface area contributed by atoms with Gasteiger partial charge in [-0.05, 0) is 47.8 Å². The molecule has 3 saturated carbocycles. The van der Waals surface area contributed by atoms with Crippen molar-refractivity contribution in [2.24, 2.45) is 34.3 Å². The topological polar surface area (TPSA) is 151 Å². The average Bonchev–Trinajstić information content (AvgIpc) is 3.86. The number of halogens is 2. The van der Waals surface area contributed by atoms with Gasteiger partial charge in [0, 0.05) is 12.1 Å². The number of nitrogens with two attached hydrogens (primary N) is 1. The molecule has 1 aromatic rings. The van der Waals surface area contributed by atoms with E-state index in [2.05, 4.69) is 16.0 Å². The standard InChI is InChI=1S/C35H49F2N5O5/c1-32(2,3)27(40-31(47)41-34(16-10-7-11-17-34)35(36,37)21-12-8-6-9-13-21)30(46)42-19-22-24(33(22,4)5)25(42)29(45)39-23(18-20-14-15-20)26(43)28(38)44/h6,8-9,12-13,20,22-25,27H,7,10-11,14-19H2,1-5H3,(H2,38,44)(H,39,45)(H2,40,41,47)/t22?,23?,24-,25-,27+/m0/s1. The highest BCUT2D eigenvalue weighted by Gasteiger charge is 2.70. The van der Waals surface area contributed by atoms with Gasteiger partial charge in [-0.25, -0.2) is 4.79 Å². The lowest BCUT2D eigenvalue weighted by molar-refractivity contribution is -0.145. The van der Waals surface area contributed by atoms with Gasteiger partial charge in [0.2, 0.25) is 17.6 Å². The van der Waals surface area contributed by atoms with Crippen LogP contribution in [0.3, 0.4) is 0 Å². The van der Waals surface area contributed by atoms with Gasteiger partial charge in [0.1, 0.15) is 17.6 Å². The first-order valence-corrected chi connectivity index (χ1v) is 16.9. The molecule has 1 aromatic carbocycles. The number of hydrogen-bond donors (Lipinski definition) is 4. The summed E-state index contributed by atoms with van der Waals surface area (Å²) in [5.74, 6) is -6.39. The summed E-state index contributed by atoms with van der Waals surface area (Å²) in [7, 11) is 0. The van der Waals surface area contributed by atoms with E-state index in [1.54, 1.807) is 39.0 Å². The Kier molecular flexibility index (Phi) is 9.22. The van der Waals surface area contributed by atoms with Crippen LogP contribution in [-0.4, -0.2) is 64.6 Å². The van der Waals surface area contributed by atoms with Crippen LogP contribution in [0.4, 0.5) is 13.6 Å². The number of piperidine rings is 1. The Hall–Kier alpha value is -3.57. The maximum absolute atomic E-state index is 16.2. The van der Waals surface area contributed by atoms with Crippen LogP contribution in [0, 0.1) is 28.6 Å². The molecule has 4 aliphatic rings. The molecular formula is C35H49F2N5O5. The van der Waals surface area contributed by atoms with E-state index in [1.165, 1.54) is 17.0 Å². The lowest BCUT2D eigenvalue weighted by atomic mass is 9.74. The summed E-state index contributed by atoms with van der Waals surface area (Å²) >= 11 is 0. The summed E-state index contributed by atoms with van der Waals surface area (Å²) in [6.45, 7) is 9.58. The third kappa shape index (κ3) is 6.74. The second-order valence-electron chi connectivity index (χ2n) is 15.8. The lowest BCUT2D eigenvalue weighted by Crippen LogP contribution is -2.65. The number of ketones is 1. The van der Waals surface area contributed by atoms with Gasteiger partial charge in [-0.15, -0.1) is 0 Å². The SMILES string of the molecule is CC(C)(C)[C@H](NC(=O)NC1(C(F)(F)c2ccccc2)CCCCC1)C(=O)N1CC2[C@@H]([C@H]1C(=O)NC(CC1CC1)C(=O)C(N)=O)C2(C)C. The summed E-state index contributed by atoms with van der Waals surface area (Å²) in [6.07, 6.45) is 4.06. The molecule has 0 spiro atoms. The number of urea groups is 1. The number of primary amides is 1. The smallest absolute Gasteiger partial charge is 0.316 e. The van der Waals surface area contributed by atoms with Crippen LogP contribution in [0.15, 0.2) is 30.3 Å². The molecular weight excluding hydrogens is 608 g/mol. The fourth-order valence-corrected chi connectivity index (χ4v) is 7.96. The minimum atomic E-state index is -3.36. The number of rotatable bonds is 11. The number of benzene rings is 1. The zero-order valence-corrected chi connectivity index (χ0v) is 28.0. The van der Waals surface area contributed by atoms with E-state index in [-0.39, 0.29) is 48.1 Å². The Labute approximate surface area is 275 Å². The Morgan fingerprint density at radius 3 is 2.15 bits per heavy atom. The van der Waals surface area contributed by atoms with Crippen LogP contribution in [-0.2, 0) is 25.1 Å². The first-order valence-electron chi connectivity index (χ1n) is 16.9. The minimum absolute atomic E-state index is 0.0143. The van der Waals surface area contributed by atoms with Gasteiger partial charge >= 0.3 is 6.03 Å². The van der Waals surface area contributed by atoms with Crippen molar-refractivity contribution in [3.63, 3.8) is 0 Å². The fourth-order valence-electron chi connectivity index (χ4n) is 7.96. The quantitative estimate of drug-likeness (QED) is 0.265. The van der Waals surface area contributed by atoms with Crippen LogP contribution >= 0.6 is 0 Å². The molecule has 3 aliphatic carbocycles. The predicted octanol–water partition coefficient (Wildman–Crippen LogP) is 4.02. The van der Waals surface area contributed by atoms with E-state index in [4.69, 9.17) is 5.73 Å². The van der Waals surface area contributed by atoms with E-state index < -0.39 is 64.5 Å². The highest BCUT2D eigenvalue weighted by Crippen LogP contribution is 2.65. The number of carbonyl (C=O) groups is 5. The third-order valence-electron chi connectivity index (χ3n) is 11.1. The fraction of sp³-hybridized carbons (Fsp3) is 0.686. The number of amides is 5. The van der Waals surface area contributed by atoms with Crippen LogP contribution in [0.5, 0.6) is 0 Å². The zero-order chi connectivity index (χ0) is 34.5. The number of carbonyl (C=O) groups excluding carboxylic acids is 5. The van der Waals surface area contributed by atoms with Crippen LogP contribution in [0.25, 0.3) is 0 Å². The summed E-state index contributed by atoms with van der Waals surface area (Å²) < 4.78 is 32.3. The highest BCUT2D eigenvalue weighted by molar-refractivity contribution is 6.37. The molecule has 4 fully saturated rings. The van der Waals surface area contributed by atoms with Crippen molar-refractivity contribution >= 4 is 29.5 Å². The summed E-state index contributed by atoms with van der Waals surface area (Å²) in [5.41, 5.74) is 2.17. The number of nitrogens with one attached hydrogen (secondary N) is 3. The minimum Gasteiger partial charge on any atom is -0.363 e. The van der Waals surface area contributed by atoms with Crippen molar-refractivity contribution in [2.75, 3.05) is 6.54 Å². The van der Waals surface area contributed by atoms with E-state index in [0.29, 0.717) is 19.3 Å². The third-order valence-corrected chi connectivity index (χ3v) is 11.1. The van der Waals surface area contributed by atoms with Gasteiger partial charge in [-0.1, -0.05) is 97.1 Å². The molecule has 12 heteroatoms. The predicted molar refractivity (Wildman–Crippen MR) is 171 cm³/mol. The number of fused-ring (bicyclic) bond motifs is 1. The first kappa shape index (κ1) is 34.8. The van der Waals surface area contributed by atoms with Gasteiger partial charge < -0.3 is 26.6 Å². The maximum atomic E-state index is 16.2. The molecule has 0 bridgehead atoms.